The van der Waals surface area contributed by atoms with E-state index in [0.29, 0.717) is 6.92 Å². The Morgan fingerprint density at radius 2 is 1.23 bits per heavy atom. The van der Waals surface area contributed by atoms with Crippen molar-refractivity contribution in [3.05, 3.63) is 0 Å². The van der Waals surface area contributed by atoms with Gasteiger partial charge in [0.05, 0.1) is 0 Å². The highest BCUT2D eigenvalue weighted by molar-refractivity contribution is 5.15. The third-order valence-electron chi connectivity index (χ3n) is 4.18. The summed E-state index contributed by atoms with van der Waals surface area (Å²) >= 11 is 0. The molecule has 0 aliphatic carbocycles. The summed E-state index contributed by atoms with van der Waals surface area (Å²) in [5.74, 6) is -9.47. The van der Waals surface area contributed by atoms with Crippen LogP contribution in [0.1, 0.15) is 53.4 Å². The largest absolute Gasteiger partial charge is 0.396 e. The average molecular weight is 340 g/mol. The van der Waals surface area contributed by atoms with E-state index in [2.05, 4.69) is 0 Å². The molecule has 1 N–H and O–H groups in total. The summed E-state index contributed by atoms with van der Waals surface area (Å²) in [5.41, 5.74) is -12.2. The second kappa shape index (κ2) is 6.53. The molecule has 3 atom stereocenters. The van der Waals surface area contributed by atoms with Crippen LogP contribution in [0.4, 0.5) is 30.7 Å². The van der Waals surface area contributed by atoms with Crippen LogP contribution in [0.15, 0.2) is 0 Å². The second-order valence-electron chi connectivity index (χ2n) is 6.06. The van der Waals surface area contributed by atoms with Crippen molar-refractivity contribution in [3.63, 3.8) is 0 Å². The van der Waals surface area contributed by atoms with Gasteiger partial charge in [-0.15, -0.1) is 0 Å². The molecule has 0 aromatic rings. The van der Waals surface area contributed by atoms with Crippen molar-refractivity contribution in [3.8, 4) is 0 Å². The fraction of sp³-hybridized carbons (Fsp3) is 1.00. The SMILES string of the molecule is CCCC(C)(F)C(F)(F)C(C)(F)C(C)(F)C(F)(F)CCCO. The molecule has 3 unspecified atom stereocenters. The van der Waals surface area contributed by atoms with Gasteiger partial charge in [-0.2, -0.15) is 8.78 Å². The Kier molecular flexibility index (Phi) is 6.37. The van der Waals surface area contributed by atoms with Gasteiger partial charge in [0.1, 0.15) is 0 Å². The maximum absolute atomic E-state index is 14.5. The van der Waals surface area contributed by atoms with Crippen LogP contribution in [0.5, 0.6) is 0 Å². The monoisotopic (exact) mass is 340 g/mol. The summed E-state index contributed by atoms with van der Waals surface area (Å²) in [5, 5.41) is 8.50. The quantitative estimate of drug-likeness (QED) is 0.585. The first kappa shape index (κ1) is 21.5. The Morgan fingerprint density at radius 3 is 1.59 bits per heavy atom. The summed E-state index contributed by atoms with van der Waals surface area (Å²) < 4.78 is 98.9. The summed E-state index contributed by atoms with van der Waals surface area (Å²) in [6, 6.07) is 0. The molecule has 0 fully saturated rings. The van der Waals surface area contributed by atoms with E-state index in [-0.39, 0.29) is 20.3 Å². The third kappa shape index (κ3) is 3.36. The predicted octanol–water partition coefficient (Wildman–Crippen LogP) is 5.01. The van der Waals surface area contributed by atoms with Crippen LogP contribution in [-0.4, -0.2) is 40.6 Å². The lowest BCUT2D eigenvalue weighted by molar-refractivity contribution is -0.294. The van der Waals surface area contributed by atoms with E-state index in [4.69, 9.17) is 5.11 Å². The molecule has 0 aliphatic rings. The molecule has 0 bridgehead atoms. The van der Waals surface area contributed by atoms with Gasteiger partial charge in [0.25, 0.3) is 5.92 Å². The summed E-state index contributed by atoms with van der Waals surface area (Å²) in [6.45, 7) is 0.944. The maximum atomic E-state index is 14.5. The molecule has 1 nitrogen and oxygen atoms in total. The van der Waals surface area contributed by atoms with E-state index in [1.807, 2.05) is 0 Å². The first-order chi connectivity index (χ1) is 9.62. The Bertz CT molecular complexity index is 364. The topological polar surface area (TPSA) is 20.2 Å². The van der Waals surface area contributed by atoms with Crippen LogP contribution < -0.4 is 0 Å². The van der Waals surface area contributed by atoms with Gasteiger partial charge in [0.15, 0.2) is 5.67 Å². The molecule has 0 aliphatic heterocycles. The lowest BCUT2D eigenvalue weighted by atomic mass is 9.72. The minimum Gasteiger partial charge on any atom is -0.396 e. The molecule has 134 valence electrons. The van der Waals surface area contributed by atoms with Crippen molar-refractivity contribution in [2.45, 2.75) is 82.2 Å². The molecule has 0 aromatic carbocycles. The molecule has 0 rings (SSSR count). The Balaban J connectivity index is 5.77. The van der Waals surface area contributed by atoms with E-state index in [0.717, 1.165) is 0 Å². The standard InChI is InChI=1S/C14H23F7O/c1-5-7-10(2,15)14(20,21)12(4,17)11(3,16)13(18,19)8-6-9-22/h22H,5-9H2,1-4H3. The van der Waals surface area contributed by atoms with Gasteiger partial charge in [0.2, 0.25) is 11.3 Å². The summed E-state index contributed by atoms with van der Waals surface area (Å²) in [7, 11) is 0. The Labute approximate surface area is 125 Å². The zero-order chi connectivity index (χ0) is 18.0. The highest BCUT2D eigenvalue weighted by atomic mass is 19.3. The summed E-state index contributed by atoms with van der Waals surface area (Å²) in [4.78, 5) is 0. The van der Waals surface area contributed by atoms with Gasteiger partial charge in [-0.25, -0.2) is 22.0 Å². The molecule has 0 saturated heterocycles. The van der Waals surface area contributed by atoms with Crippen LogP contribution in [0.25, 0.3) is 0 Å². The van der Waals surface area contributed by atoms with E-state index in [1.165, 1.54) is 6.92 Å². The van der Waals surface area contributed by atoms with Crippen molar-refractivity contribution in [2.24, 2.45) is 0 Å². The smallest absolute Gasteiger partial charge is 0.317 e. The fourth-order valence-corrected chi connectivity index (χ4v) is 2.29. The van der Waals surface area contributed by atoms with Crippen molar-refractivity contribution >= 4 is 0 Å². The molecular weight excluding hydrogens is 317 g/mol. The van der Waals surface area contributed by atoms with E-state index in [1.54, 1.807) is 0 Å². The van der Waals surface area contributed by atoms with Crippen LogP contribution in [-0.2, 0) is 0 Å². The van der Waals surface area contributed by atoms with Crippen molar-refractivity contribution < 1.29 is 35.8 Å². The van der Waals surface area contributed by atoms with E-state index >= 15 is 0 Å². The van der Waals surface area contributed by atoms with Gasteiger partial charge in [-0.1, -0.05) is 13.3 Å². The first-order valence-electron chi connectivity index (χ1n) is 7.05. The van der Waals surface area contributed by atoms with Gasteiger partial charge >= 0.3 is 5.92 Å². The lowest BCUT2D eigenvalue weighted by Gasteiger charge is -2.46. The average Bonchev–Trinajstić information content (AvgIpc) is 2.35. The van der Waals surface area contributed by atoms with Gasteiger partial charge in [-0.05, 0) is 33.6 Å². The molecule has 0 amide bonds. The fourth-order valence-electron chi connectivity index (χ4n) is 2.29. The zero-order valence-electron chi connectivity index (χ0n) is 13.1. The van der Waals surface area contributed by atoms with Crippen LogP contribution in [0.2, 0.25) is 0 Å². The molecule has 0 aromatic heterocycles. The third-order valence-corrected chi connectivity index (χ3v) is 4.18. The highest BCUT2D eigenvalue weighted by Gasteiger charge is 2.76. The minimum atomic E-state index is -4.97. The van der Waals surface area contributed by atoms with E-state index in [9.17, 15) is 30.7 Å². The number of halogens is 7. The van der Waals surface area contributed by atoms with Crippen molar-refractivity contribution in [2.75, 3.05) is 6.61 Å². The zero-order valence-corrected chi connectivity index (χ0v) is 13.1. The van der Waals surface area contributed by atoms with Gasteiger partial charge in [-0.3, -0.25) is 0 Å². The van der Waals surface area contributed by atoms with Crippen molar-refractivity contribution in [1.29, 1.82) is 0 Å². The maximum Gasteiger partial charge on any atom is 0.317 e. The number of alkyl halides is 7. The number of aliphatic hydroxyl groups excluding tert-OH is 1. The van der Waals surface area contributed by atoms with Gasteiger partial charge < -0.3 is 5.11 Å². The number of rotatable bonds is 9. The number of hydrogen-bond donors (Lipinski definition) is 1. The number of hydrogen-bond acceptors (Lipinski definition) is 1. The van der Waals surface area contributed by atoms with Crippen molar-refractivity contribution in [1.82, 2.24) is 0 Å². The second-order valence-corrected chi connectivity index (χ2v) is 6.06. The van der Waals surface area contributed by atoms with Crippen LogP contribution in [0, 0.1) is 0 Å². The lowest BCUT2D eigenvalue weighted by Crippen LogP contribution is -2.68. The number of aliphatic hydroxyl groups is 1. The molecule has 0 heterocycles. The normalized spacial score (nSPS) is 21.8. The summed E-state index contributed by atoms with van der Waals surface area (Å²) in [6.07, 6.45) is -2.83. The predicted molar refractivity (Wildman–Crippen MR) is 69.7 cm³/mol. The van der Waals surface area contributed by atoms with E-state index < -0.39 is 54.7 Å². The first-order valence-corrected chi connectivity index (χ1v) is 7.05. The molecule has 0 saturated carbocycles. The Morgan fingerprint density at radius 1 is 0.773 bits per heavy atom. The molecule has 0 spiro atoms. The Hall–Kier alpha value is -0.530. The molecule has 8 heteroatoms. The molecule has 0 radical (unpaired) electrons. The van der Waals surface area contributed by atoms with Crippen LogP contribution in [0.3, 0.4) is 0 Å². The highest BCUT2D eigenvalue weighted by Crippen LogP contribution is 2.56. The van der Waals surface area contributed by atoms with Crippen LogP contribution >= 0.6 is 0 Å². The molecule has 22 heavy (non-hydrogen) atoms. The van der Waals surface area contributed by atoms with Gasteiger partial charge in [0, 0.05) is 13.0 Å². The minimum absolute atomic E-state index is 0.000308. The molecular formula is C14H23F7O.